The van der Waals surface area contributed by atoms with E-state index in [1.807, 2.05) is 0 Å². The molecule has 0 saturated heterocycles. The van der Waals surface area contributed by atoms with Gasteiger partial charge in [-0.1, -0.05) is 45.7 Å². The maximum atomic E-state index is 13.8. The Morgan fingerprint density at radius 3 is 2.39 bits per heavy atom. The molecule has 0 aliphatic carbocycles. The highest BCUT2D eigenvalue weighted by Crippen LogP contribution is 2.34. The summed E-state index contributed by atoms with van der Waals surface area (Å²) in [5.74, 6) is -2.49. The molecule has 0 bridgehead atoms. The number of rotatable bonds is 2. The Morgan fingerprint density at radius 1 is 1.00 bits per heavy atom. The van der Waals surface area contributed by atoms with Crippen molar-refractivity contribution in [1.82, 2.24) is 0 Å². The van der Waals surface area contributed by atoms with Crippen LogP contribution in [0.4, 0.5) is 13.2 Å². The molecule has 5 heteroatoms. The molecule has 0 nitrogen and oxygen atoms in total. The van der Waals surface area contributed by atoms with Crippen LogP contribution in [0.3, 0.4) is 0 Å². The maximum Gasteiger partial charge on any atom is 0.159 e. The average Bonchev–Trinajstić information content (AvgIpc) is 2.35. The molecule has 2 aromatic rings. The van der Waals surface area contributed by atoms with Gasteiger partial charge in [-0.25, -0.2) is 13.2 Å². The summed E-state index contributed by atoms with van der Waals surface area (Å²) < 4.78 is 39.7. The first kappa shape index (κ1) is 13.4. The minimum atomic E-state index is -0.973. The molecule has 2 aromatic carbocycles. The third-order valence-electron chi connectivity index (χ3n) is 2.49. The standard InChI is InChI=1S/C13H7BrClF3/c14-12(7-4-5-10(16)11(17)6-7)8-2-1-3-9(15)13(8)18/h1-6,12H. The highest BCUT2D eigenvalue weighted by molar-refractivity contribution is 9.09. The van der Waals surface area contributed by atoms with Gasteiger partial charge in [0.1, 0.15) is 5.82 Å². The van der Waals surface area contributed by atoms with Crippen LogP contribution in [0.25, 0.3) is 0 Å². The second kappa shape index (κ2) is 5.33. The molecule has 1 atom stereocenters. The molecule has 0 N–H and O–H groups in total. The molecule has 0 aliphatic heterocycles. The van der Waals surface area contributed by atoms with Crippen molar-refractivity contribution < 1.29 is 13.2 Å². The van der Waals surface area contributed by atoms with Crippen molar-refractivity contribution in [3.63, 3.8) is 0 Å². The van der Waals surface area contributed by atoms with E-state index in [0.29, 0.717) is 5.56 Å². The largest absolute Gasteiger partial charge is 0.205 e. The van der Waals surface area contributed by atoms with E-state index in [9.17, 15) is 13.2 Å². The maximum absolute atomic E-state index is 13.8. The predicted molar refractivity (Wildman–Crippen MR) is 68.5 cm³/mol. The lowest BCUT2D eigenvalue weighted by Crippen LogP contribution is -1.98. The van der Waals surface area contributed by atoms with Crippen LogP contribution in [0.2, 0.25) is 5.02 Å². The Kier molecular flexibility index (Phi) is 3.97. The van der Waals surface area contributed by atoms with E-state index in [-0.39, 0.29) is 10.6 Å². The molecule has 0 amide bonds. The Morgan fingerprint density at radius 2 is 1.72 bits per heavy atom. The van der Waals surface area contributed by atoms with Crippen molar-refractivity contribution in [2.24, 2.45) is 0 Å². The fourth-order valence-electron chi connectivity index (χ4n) is 1.57. The lowest BCUT2D eigenvalue weighted by molar-refractivity contribution is 0.507. The molecule has 1 unspecified atom stereocenters. The minimum absolute atomic E-state index is 0.0143. The van der Waals surface area contributed by atoms with Crippen molar-refractivity contribution in [2.45, 2.75) is 4.83 Å². The van der Waals surface area contributed by atoms with Gasteiger partial charge in [0.15, 0.2) is 11.6 Å². The summed E-state index contributed by atoms with van der Waals surface area (Å²) in [5.41, 5.74) is 0.684. The van der Waals surface area contributed by atoms with E-state index in [1.54, 1.807) is 6.07 Å². The lowest BCUT2D eigenvalue weighted by atomic mass is 10.0. The van der Waals surface area contributed by atoms with Crippen molar-refractivity contribution >= 4 is 27.5 Å². The number of hydrogen-bond donors (Lipinski definition) is 0. The molecule has 0 aromatic heterocycles. The van der Waals surface area contributed by atoms with Gasteiger partial charge in [-0.3, -0.25) is 0 Å². The SMILES string of the molecule is Fc1ccc(C(Br)c2cccc(Cl)c2F)cc1F. The first-order valence-corrected chi connectivity index (χ1v) is 6.33. The molecule has 0 radical (unpaired) electrons. The molecule has 2 rings (SSSR count). The quantitative estimate of drug-likeness (QED) is 0.658. The summed E-state index contributed by atoms with van der Waals surface area (Å²) in [7, 11) is 0. The minimum Gasteiger partial charge on any atom is -0.205 e. The van der Waals surface area contributed by atoms with Crippen LogP contribution < -0.4 is 0 Å². The number of alkyl halides is 1. The number of benzene rings is 2. The Balaban J connectivity index is 2.44. The fraction of sp³-hybridized carbons (Fsp3) is 0.0769. The fourth-order valence-corrected chi connectivity index (χ4v) is 2.39. The topological polar surface area (TPSA) is 0 Å². The zero-order chi connectivity index (χ0) is 13.3. The average molecular weight is 336 g/mol. The molecule has 0 aliphatic rings. The van der Waals surface area contributed by atoms with E-state index in [1.165, 1.54) is 18.2 Å². The predicted octanol–water partition coefficient (Wildman–Crippen LogP) is 5.24. The normalized spacial score (nSPS) is 12.5. The summed E-state index contributed by atoms with van der Waals surface area (Å²) in [6.45, 7) is 0. The van der Waals surface area contributed by atoms with Crippen molar-refractivity contribution in [1.29, 1.82) is 0 Å². The summed E-state index contributed by atoms with van der Waals surface area (Å²) in [6, 6.07) is 7.96. The monoisotopic (exact) mass is 334 g/mol. The van der Waals surface area contributed by atoms with Gasteiger partial charge in [0.05, 0.1) is 9.85 Å². The van der Waals surface area contributed by atoms with E-state index in [2.05, 4.69) is 15.9 Å². The van der Waals surface area contributed by atoms with Crippen LogP contribution in [-0.4, -0.2) is 0 Å². The highest BCUT2D eigenvalue weighted by Gasteiger charge is 2.17. The molecule has 18 heavy (non-hydrogen) atoms. The molecule has 0 saturated carbocycles. The van der Waals surface area contributed by atoms with E-state index < -0.39 is 22.3 Å². The molecular formula is C13H7BrClF3. The third kappa shape index (κ3) is 2.54. The van der Waals surface area contributed by atoms with Gasteiger partial charge in [-0.2, -0.15) is 0 Å². The van der Waals surface area contributed by atoms with Gasteiger partial charge in [0, 0.05) is 5.56 Å². The van der Waals surface area contributed by atoms with Crippen LogP contribution in [-0.2, 0) is 0 Å². The van der Waals surface area contributed by atoms with Gasteiger partial charge < -0.3 is 0 Å². The van der Waals surface area contributed by atoms with E-state index >= 15 is 0 Å². The zero-order valence-electron chi connectivity index (χ0n) is 8.93. The van der Waals surface area contributed by atoms with Crippen LogP contribution in [0, 0.1) is 17.5 Å². The van der Waals surface area contributed by atoms with E-state index in [4.69, 9.17) is 11.6 Å². The second-order valence-corrected chi connectivity index (χ2v) is 5.00. The van der Waals surface area contributed by atoms with E-state index in [0.717, 1.165) is 12.1 Å². The summed E-state index contributed by atoms with van der Waals surface area (Å²) >= 11 is 8.92. The Labute approximate surface area is 116 Å². The number of hydrogen-bond acceptors (Lipinski definition) is 0. The van der Waals surface area contributed by atoms with Crippen molar-refractivity contribution in [2.75, 3.05) is 0 Å². The molecule has 0 spiro atoms. The summed E-state index contributed by atoms with van der Waals surface area (Å²) in [4.78, 5) is -0.591. The smallest absolute Gasteiger partial charge is 0.159 e. The van der Waals surface area contributed by atoms with Crippen molar-refractivity contribution in [3.05, 3.63) is 70.0 Å². The molecular weight excluding hydrogens is 328 g/mol. The second-order valence-electron chi connectivity index (χ2n) is 3.68. The van der Waals surface area contributed by atoms with Gasteiger partial charge >= 0.3 is 0 Å². The van der Waals surface area contributed by atoms with Gasteiger partial charge in [-0.05, 0) is 23.8 Å². The Hall–Kier alpha value is -1.00. The highest BCUT2D eigenvalue weighted by atomic mass is 79.9. The molecule has 0 heterocycles. The van der Waals surface area contributed by atoms with Crippen molar-refractivity contribution in [3.8, 4) is 0 Å². The Bertz CT molecular complexity index is 586. The van der Waals surface area contributed by atoms with Crippen LogP contribution in [0.15, 0.2) is 36.4 Å². The lowest BCUT2D eigenvalue weighted by Gasteiger charge is -2.12. The van der Waals surface area contributed by atoms with Gasteiger partial charge in [-0.15, -0.1) is 0 Å². The van der Waals surface area contributed by atoms with Crippen LogP contribution in [0.1, 0.15) is 16.0 Å². The zero-order valence-corrected chi connectivity index (χ0v) is 11.3. The van der Waals surface area contributed by atoms with Gasteiger partial charge in [0.2, 0.25) is 0 Å². The van der Waals surface area contributed by atoms with Crippen LogP contribution >= 0.6 is 27.5 Å². The third-order valence-corrected chi connectivity index (χ3v) is 3.80. The summed E-state index contributed by atoms with van der Waals surface area (Å²) in [5, 5.41) is -0.0143. The number of halogens is 5. The summed E-state index contributed by atoms with van der Waals surface area (Å²) in [6.07, 6.45) is 0. The molecule has 94 valence electrons. The van der Waals surface area contributed by atoms with Gasteiger partial charge in [0.25, 0.3) is 0 Å². The first-order chi connectivity index (χ1) is 8.50. The first-order valence-electron chi connectivity index (χ1n) is 5.03. The molecule has 0 fully saturated rings. The van der Waals surface area contributed by atoms with Crippen LogP contribution in [0.5, 0.6) is 0 Å².